The Kier molecular flexibility index (Phi) is 6.07. The molecule has 2 aliphatic rings. The van der Waals surface area contributed by atoms with Gasteiger partial charge in [0, 0.05) is 32.2 Å². The van der Waals surface area contributed by atoms with Crippen molar-refractivity contribution < 1.29 is 9.84 Å². The molecule has 2 N–H and O–H groups in total. The maximum Gasteiger partial charge on any atom is 0.0594 e. The van der Waals surface area contributed by atoms with Gasteiger partial charge in [-0.15, -0.1) is 0 Å². The van der Waals surface area contributed by atoms with Gasteiger partial charge in [-0.25, -0.2) is 0 Å². The van der Waals surface area contributed by atoms with Crippen LogP contribution in [0.1, 0.15) is 39.0 Å². The summed E-state index contributed by atoms with van der Waals surface area (Å²) < 4.78 is 5.45. The minimum absolute atomic E-state index is 0.212. The number of ether oxygens (including phenoxy) is 1. The van der Waals surface area contributed by atoms with Crippen LogP contribution in [0.5, 0.6) is 0 Å². The van der Waals surface area contributed by atoms with E-state index in [-0.39, 0.29) is 12.6 Å². The number of morpholine rings is 1. The van der Waals surface area contributed by atoms with Gasteiger partial charge in [-0.05, 0) is 25.2 Å². The fourth-order valence-electron chi connectivity index (χ4n) is 3.38. The van der Waals surface area contributed by atoms with Crippen molar-refractivity contribution in [2.75, 3.05) is 46.0 Å². The topological polar surface area (TPSA) is 44.7 Å². The zero-order chi connectivity index (χ0) is 13.6. The Morgan fingerprint density at radius 3 is 2.53 bits per heavy atom. The third-order valence-corrected chi connectivity index (χ3v) is 4.68. The molecule has 0 radical (unpaired) electrons. The Bertz CT molecular complexity index is 249. The van der Waals surface area contributed by atoms with Gasteiger partial charge < -0.3 is 15.2 Å². The van der Waals surface area contributed by atoms with Gasteiger partial charge in [0.2, 0.25) is 0 Å². The summed E-state index contributed by atoms with van der Waals surface area (Å²) in [6.07, 6.45) is 6.77. The second-order valence-electron chi connectivity index (χ2n) is 6.41. The molecule has 112 valence electrons. The highest BCUT2D eigenvalue weighted by atomic mass is 16.5. The summed E-state index contributed by atoms with van der Waals surface area (Å²) in [6.45, 7) is 8.47. The Morgan fingerprint density at radius 1 is 1.21 bits per heavy atom. The van der Waals surface area contributed by atoms with Crippen LogP contribution in [0, 0.1) is 5.41 Å². The van der Waals surface area contributed by atoms with Crippen LogP contribution in [-0.4, -0.2) is 62.0 Å². The standard InChI is InChI=1S/C15H30N2O2/c1-14(11-18)16-12-15(5-3-2-4-6-15)13-17-7-9-19-10-8-17/h14,16,18H,2-13H2,1H3/t14-/m1/s1. The van der Waals surface area contributed by atoms with E-state index >= 15 is 0 Å². The number of hydrogen-bond acceptors (Lipinski definition) is 4. The number of nitrogens with zero attached hydrogens (tertiary/aromatic N) is 1. The largest absolute Gasteiger partial charge is 0.395 e. The van der Waals surface area contributed by atoms with Gasteiger partial charge in [-0.3, -0.25) is 4.90 Å². The van der Waals surface area contributed by atoms with Crippen molar-refractivity contribution in [3.05, 3.63) is 0 Å². The van der Waals surface area contributed by atoms with E-state index in [1.807, 2.05) is 0 Å². The van der Waals surface area contributed by atoms with Gasteiger partial charge in [0.25, 0.3) is 0 Å². The van der Waals surface area contributed by atoms with Crippen LogP contribution in [0.15, 0.2) is 0 Å². The molecule has 0 spiro atoms. The fourth-order valence-corrected chi connectivity index (χ4v) is 3.38. The predicted octanol–water partition coefficient (Wildman–Crippen LogP) is 1.24. The molecule has 0 bridgehead atoms. The second-order valence-corrected chi connectivity index (χ2v) is 6.41. The lowest BCUT2D eigenvalue weighted by Crippen LogP contribution is -2.50. The average Bonchev–Trinajstić information content (AvgIpc) is 2.47. The van der Waals surface area contributed by atoms with Crippen molar-refractivity contribution >= 4 is 0 Å². The normalized spacial score (nSPS) is 26.2. The van der Waals surface area contributed by atoms with E-state index in [2.05, 4.69) is 17.1 Å². The van der Waals surface area contributed by atoms with Crippen LogP contribution in [0.4, 0.5) is 0 Å². The molecule has 0 unspecified atom stereocenters. The summed E-state index contributed by atoms with van der Waals surface area (Å²) in [5.41, 5.74) is 0.416. The summed E-state index contributed by atoms with van der Waals surface area (Å²) >= 11 is 0. The lowest BCUT2D eigenvalue weighted by molar-refractivity contribution is 0.00627. The molecule has 1 atom stereocenters. The highest BCUT2D eigenvalue weighted by Gasteiger charge is 2.34. The molecule has 4 nitrogen and oxygen atoms in total. The first kappa shape index (κ1) is 15.2. The van der Waals surface area contributed by atoms with E-state index in [1.165, 1.54) is 38.6 Å². The zero-order valence-electron chi connectivity index (χ0n) is 12.4. The first-order chi connectivity index (χ1) is 9.24. The monoisotopic (exact) mass is 270 g/mol. The molecular weight excluding hydrogens is 240 g/mol. The van der Waals surface area contributed by atoms with E-state index in [1.54, 1.807) is 0 Å². The summed E-state index contributed by atoms with van der Waals surface area (Å²) in [4.78, 5) is 2.57. The highest BCUT2D eigenvalue weighted by molar-refractivity contribution is 4.89. The molecule has 2 rings (SSSR count). The molecule has 0 aromatic heterocycles. The molecule has 2 fully saturated rings. The van der Waals surface area contributed by atoms with E-state index in [0.29, 0.717) is 5.41 Å². The van der Waals surface area contributed by atoms with E-state index in [4.69, 9.17) is 4.74 Å². The van der Waals surface area contributed by atoms with Crippen LogP contribution >= 0.6 is 0 Å². The smallest absolute Gasteiger partial charge is 0.0594 e. The minimum Gasteiger partial charge on any atom is -0.395 e. The average molecular weight is 270 g/mol. The van der Waals surface area contributed by atoms with Crippen LogP contribution in [-0.2, 0) is 4.74 Å². The number of nitrogens with one attached hydrogen (secondary N) is 1. The van der Waals surface area contributed by atoms with E-state index in [0.717, 1.165) is 32.8 Å². The lowest BCUT2D eigenvalue weighted by atomic mass is 9.73. The number of aliphatic hydroxyl groups excluding tert-OH is 1. The van der Waals surface area contributed by atoms with Crippen molar-refractivity contribution in [2.45, 2.75) is 45.1 Å². The van der Waals surface area contributed by atoms with Gasteiger partial charge in [0.15, 0.2) is 0 Å². The van der Waals surface area contributed by atoms with Gasteiger partial charge in [0.05, 0.1) is 19.8 Å². The van der Waals surface area contributed by atoms with Gasteiger partial charge in [0.1, 0.15) is 0 Å². The van der Waals surface area contributed by atoms with E-state index < -0.39 is 0 Å². The van der Waals surface area contributed by atoms with E-state index in [9.17, 15) is 5.11 Å². The minimum atomic E-state index is 0.212. The number of hydrogen-bond donors (Lipinski definition) is 2. The molecule has 1 aliphatic carbocycles. The molecular formula is C15H30N2O2. The van der Waals surface area contributed by atoms with Crippen LogP contribution in [0.2, 0.25) is 0 Å². The molecule has 4 heteroatoms. The quantitative estimate of drug-likeness (QED) is 0.762. The van der Waals surface area contributed by atoms with Gasteiger partial charge in [-0.1, -0.05) is 19.3 Å². The first-order valence-electron chi connectivity index (χ1n) is 7.88. The second kappa shape index (κ2) is 7.58. The maximum absolute atomic E-state index is 9.18. The zero-order valence-corrected chi connectivity index (χ0v) is 12.4. The molecule has 0 aromatic rings. The van der Waals surface area contributed by atoms with Crippen molar-refractivity contribution in [2.24, 2.45) is 5.41 Å². The van der Waals surface area contributed by atoms with Crippen LogP contribution in [0.25, 0.3) is 0 Å². The molecule has 1 aliphatic heterocycles. The summed E-state index contributed by atoms with van der Waals surface area (Å²) in [5.74, 6) is 0. The lowest BCUT2D eigenvalue weighted by Gasteiger charge is -2.43. The molecule has 1 saturated heterocycles. The number of rotatable bonds is 6. The fraction of sp³-hybridized carbons (Fsp3) is 1.00. The summed E-state index contributed by atoms with van der Waals surface area (Å²) in [5, 5.41) is 12.7. The molecule has 0 aromatic carbocycles. The first-order valence-corrected chi connectivity index (χ1v) is 7.88. The predicted molar refractivity (Wildman–Crippen MR) is 77.3 cm³/mol. The Balaban J connectivity index is 1.89. The van der Waals surface area contributed by atoms with Crippen LogP contribution < -0.4 is 5.32 Å². The molecule has 1 saturated carbocycles. The third kappa shape index (κ3) is 4.71. The Morgan fingerprint density at radius 2 is 1.89 bits per heavy atom. The van der Waals surface area contributed by atoms with Gasteiger partial charge in [-0.2, -0.15) is 0 Å². The Labute approximate surface area is 117 Å². The molecule has 1 heterocycles. The van der Waals surface area contributed by atoms with Crippen molar-refractivity contribution in [1.29, 1.82) is 0 Å². The third-order valence-electron chi connectivity index (χ3n) is 4.68. The molecule has 0 amide bonds. The summed E-state index contributed by atoms with van der Waals surface area (Å²) in [6, 6.07) is 0.212. The summed E-state index contributed by atoms with van der Waals surface area (Å²) in [7, 11) is 0. The highest BCUT2D eigenvalue weighted by Crippen LogP contribution is 2.36. The SMILES string of the molecule is C[C@H](CO)NCC1(CN2CCOCC2)CCCCC1. The molecule has 19 heavy (non-hydrogen) atoms. The Hall–Kier alpha value is -0.160. The van der Waals surface area contributed by atoms with Gasteiger partial charge >= 0.3 is 0 Å². The maximum atomic E-state index is 9.18. The number of aliphatic hydroxyl groups is 1. The van der Waals surface area contributed by atoms with Crippen molar-refractivity contribution in [1.82, 2.24) is 10.2 Å². The van der Waals surface area contributed by atoms with Crippen molar-refractivity contribution in [3.63, 3.8) is 0 Å². The van der Waals surface area contributed by atoms with Crippen molar-refractivity contribution in [3.8, 4) is 0 Å². The van der Waals surface area contributed by atoms with Crippen LogP contribution in [0.3, 0.4) is 0 Å².